The predicted octanol–water partition coefficient (Wildman–Crippen LogP) is 11.3. The molecule has 0 aliphatic heterocycles. The number of Topliss-reactive ketones (excluding diaryl/α,β-unsaturated/α-hetero) is 1. The molecule has 0 spiro atoms. The van der Waals surface area contributed by atoms with Crippen LogP contribution < -0.4 is 9.47 Å². The molecule has 0 fully saturated rings. The Morgan fingerprint density at radius 3 is 1.67 bits per heavy atom. The maximum atomic E-state index is 12.7. The van der Waals surface area contributed by atoms with Crippen LogP contribution in [0.1, 0.15) is 144 Å². The van der Waals surface area contributed by atoms with Gasteiger partial charge in [0.05, 0.1) is 12.2 Å². The molecule has 0 aliphatic rings. The van der Waals surface area contributed by atoms with Crippen molar-refractivity contribution in [2.75, 3.05) is 6.61 Å². The average Bonchev–Trinajstić information content (AvgIpc) is 3.01. The molecule has 0 heterocycles. The lowest BCUT2D eigenvalue weighted by Gasteiger charge is -2.09. The largest absolute Gasteiger partial charge is 0.494 e. The van der Waals surface area contributed by atoms with Crippen molar-refractivity contribution >= 4 is 22.5 Å². The quantitative estimate of drug-likeness (QED) is 0.0520. The standard InChI is InChI=1S/C38H52O4/c1-3-5-7-9-11-13-15-17-19-37(39)34-21-20-33-30-36(27-24-32(33)29-34)42-38(40)31-22-25-35(26-23-31)41-28-18-16-14-12-10-8-6-4-2/h20-27,29-30H,3-19,28H2,1-2H3. The van der Waals surface area contributed by atoms with Crippen LogP contribution in [-0.4, -0.2) is 18.4 Å². The lowest BCUT2D eigenvalue weighted by Crippen LogP contribution is -2.08. The van der Waals surface area contributed by atoms with Gasteiger partial charge in [0, 0.05) is 12.0 Å². The van der Waals surface area contributed by atoms with E-state index in [4.69, 9.17) is 9.47 Å². The zero-order valence-electron chi connectivity index (χ0n) is 26.1. The van der Waals surface area contributed by atoms with E-state index in [0.29, 0.717) is 24.3 Å². The minimum absolute atomic E-state index is 0.198. The fourth-order valence-electron chi connectivity index (χ4n) is 5.30. The van der Waals surface area contributed by atoms with Gasteiger partial charge in [0.25, 0.3) is 0 Å². The van der Waals surface area contributed by atoms with Gasteiger partial charge in [0.2, 0.25) is 0 Å². The average molecular weight is 573 g/mol. The molecule has 3 aromatic carbocycles. The highest BCUT2D eigenvalue weighted by Crippen LogP contribution is 2.24. The number of ketones is 1. The van der Waals surface area contributed by atoms with Gasteiger partial charge in [-0.15, -0.1) is 0 Å². The third-order valence-corrected chi connectivity index (χ3v) is 7.96. The monoisotopic (exact) mass is 572 g/mol. The Balaban J connectivity index is 1.39. The fourth-order valence-corrected chi connectivity index (χ4v) is 5.30. The molecule has 228 valence electrons. The highest BCUT2D eigenvalue weighted by molar-refractivity contribution is 6.00. The highest BCUT2D eigenvalue weighted by Gasteiger charge is 2.11. The van der Waals surface area contributed by atoms with Gasteiger partial charge in [-0.3, -0.25) is 4.79 Å². The molecule has 3 aromatic rings. The van der Waals surface area contributed by atoms with Gasteiger partial charge in [-0.1, -0.05) is 122 Å². The Hall–Kier alpha value is -3.14. The molecule has 0 unspecified atom stereocenters. The van der Waals surface area contributed by atoms with Gasteiger partial charge in [0.15, 0.2) is 5.78 Å². The van der Waals surface area contributed by atoms with Gasteiger partial charge < -0.3 is 9.47 Å². The molecule has 0 aromatic heterocycles. The first-order chi connectivity index (χ1) is 20.6. The van der Waals surface area contributed by atoms with Crippen LogP contribution in [0.3, 0.4) is 0 Å². The van der Waals surface area contributed by atoms with Crippen LogP contribution in [0.25, 0.3) is 10.8 Å². The number of rotatable bonds is 22. The van der Waals surface area contributed by atoms with Crippen molar-refractivity contribution in [3.8, 4) is 11.5 Å². The van der Waals surface area contributed by atoms with Crippen molar-refractivity contribution in [2.45, 2.75) is 123 Å². The number of hydrogen-bond acceptors (Lipinski definition) is 4. The fraction of sp³-hybridized carbons (Fsp3) is 0.526. The number of esters is 1. The van der Waals surface area contributed by atoms with E-state index in [1.165, 1.54) is 83.5 Å². The van der Waals surface area contributed by atoms with E-state index in [1.54, 1.807) is 18.2 Å². The van der Waals surface area contributed by atoms with Crippen molar-refractivity contribution < 1.29 is 19.1 Å². The summed E-state index contributed by atoms with van der Waals surface area (Å²) < 4.78 is 11.5. The smallest absolute Gasteiger partial charge is 0.343 e. The van der Waals surface area contributed by atoms with E-state index in [9.17, 15) is 9.59 Å². The number of carbonyl (C=O) groups excluding carboxylic acids is 2. The van der Waals surface area contributed by atoms with Crippen LogP contribution in [0.2, 0.25) is 0 Å². The first kappa shape index (κ1) is 33.4. The van der Waals surface area contributed by atoms with E-state index in [2.05, 4.69) is 13.8 Å². The molecular weight excluding hydrogens is 520 g/mol. The highest BCUT2D eigenvalue weighted by atomic mass is 16.5. The molecule has 0 radical (unpaired) electrons. The molecule has 3 rings (SSSR count). The second-order valence-electron chi connectivity index (χ2n) is 11.6. The normalized spacial score (nSPS) is 11.1. The number of carbonyl (C=O) groups is 2. The predicted molar refractivity (Wildman–Crippen MR) is 175 cm³/mol. The Labute approximate surface area is 254 Å². The summed E-state index contributed by atoms with van der Waals surface area (Å²) in [5.74, 6) is 1.05. The third-order valence-electron chi connectivity index (χ3n) is 7.96. The molecule has 4 heteroatoms. The van der Waals surface area contributed by atoms with Gasteiger partial charge in [-0.05, 0) is 66.1 Å². The lowest BCUT2D eigenvalue weighted by atomic mass is 10.00. The molecule has 0 saturated heterocycles. The summed E-state index contributed by atoms with van der Waals surface area (Å²) >= 11 is 0. The summed E-state index contributed by atoms with van der Waals surface area (Å²) in [5.41, 5.74) is 1.23. The van der Waals surface area contributed by atoms with Crippen molar-refractivity contribution in [3.05, 3.63) is 71.8 Å². The Kier molecular flexibility index (Phi) is 15.8. The van der Waals surface area contributed by atoms with E-state index < -0.39 is 5.97 Å². The SMILES string of the molecule is CCCCCCCCCCOc1ccc(C(=O)Oc2ccc3cc(C(=O)CCCCCCCCCC)ccc3c2)cc1. The van der Waals surface area contributed by atoms with E-state index in [0.717, 1.165) is 41.3 Å². The van der Waals surface area contributed by atoms with Crippen LogP contribution in [0.4, 0.5) is 0 Å². The van der Waals surface area contributed by atoms with E-state index in [-0.39, 0.29) is 5.78 Å². The van der Waals surface area contributed by atoms with Crippen molar-refractivity contribution in [1.29, 1.82) is 0 Å². The third kappa shape index (κ3) is 12.4. The first-order valence-corrected chi connectivity index (χ1v) is 16.6. The van der Waals surface area contributed by atoms with Gasteiger partial charge in [0.1, 0.15) is 11.5 Å². The summed E-state index contributed by atoms with van der Waals surface area (Å²) in [6.45, 7) is 5.18. The summed E-state index contributed by atoms with van der Waals surface area (Å²) in [6.07, 6.45) is 20.6. The zero-order valence-corrected chi connectivity index (χ0v) is 26.1. The second kappa shape index (κ2) is 19.9. The van der Waals surface area contributed by atoms with E-state index in [1.807, 2.05) is 42.5 Å². The van der Waals surface area contributed by atoms with Crippen LogP contribution >= 0.6 is 0 Å². The van der Waals surface area contributed by atoms with Gasteiger partial charge in [-0.2, -0.15) is 0 Å². The van der Waals surface area contributed by atoms with Crippen molar-refractivity contribution in [1.82, 2.24) is 0 Å². The molecule has 0 atom stereocenters. The van der Waals surface area contributed by atoms with Crippen LogP contribution in [0.5, 0.6) is 11.5 Å². The van der Waals surface area contributed by atoms with E-state index >= 15 is 0 Å². The maximum Gasteiger partial charge on any atom is 0.343 e. The molecule has 42 heavy (non-hydrogen) atoms. The molecular formula is C38H52O4. The van der Waals surface area contributed by atoms with Crippen molar-refractivity contribution in [3.63, 3.8) is 0 Å². The Morgan fingerprint density at radius 2 is 1.02 bits per heavy atom. The second-order valence-corrected chi connectivity index (χ2v) is 11.6. The van der Waals surface area contributed by atoms with Crippen molar-refractivity contribution in [2.24, 2.45) is 0 Å². The molecule has 0 bridgehead atoms. The molecule has 4 nitrogen and oxygen atoms in total. The molecule has 0 amide bonds. The van der Waals surface area contributed by atoms with Crippen LogP contribution in [0, 0.1) is 0 Å². The van der Waals surface area contributed by atoms with Gasteiger partial charge in [-0.25, -0.2) is 4.79 Å². The first-order valence-electron chi connectivity index (χ1n) is 16.6. The Bertz CT molecular complexity index is 1200. The molecule has 0 saturated carbocycles. The number of hydrogen-bond donors (Lipinski definition) is 0. The summed E-state index contributed by atoms with van der Waals surface area (Å²) in [6, 6.07) is 18.5. The minimum atomic E-state index is -0.402. The number of fused-ring (bicyclic) bond motifs is 1. The molecule has 0 N–H and O–H groups in total. The maximum absolute atomic E-state index is 12.7. The number of benzene rings is 3. The van der Waals surface area contributed by atoms with Crippen LogP contribution in [-0.2, 0) is 0 Å². The van der Waals surface area contributed by atoms with Gasteiger partial charge >= 0.3 is 5.97 Å². The summed E-state index contributed by atoms with van der Waals surface area (Å²) in [4.78, 5) is 25.5. The summed E-state index contributed by atoms with van der Waals surface area (Å²) in [5, 5.41) is 1.91. The number of ether oxygens (including phenoxy) is 2. The molecule has 0 aliphatic carbocycles. The lowest BCUT2D eigenvalue weighted by molar-refractivity contribution is 0.0734. The topological polar surface area (TPSA) is 52.6 Å². The zero-order chi connectivity index (χ0) is 29.8. The Morgan fingerprint density at radius 1 is 0.524 bits per heavy atom. The van der Waals surface area contributed by atoms with Crippen LogP contribution in [0.15, 0.2) is 60.7 Å². The minimum Gasteiger partial charge on any atom is -0.494 e. The summed E-state index contributed by atoms with van der Waals surface area (Å²) in [7, 11) is 0. The number of unbranched alkanes of at least 4 members (excludes halogenated alkanes) is 14.